The number of nitrogen functional groups attached to an aromatic ring is 1. The third kappa shape index (κ3) is 5.42. The van der Waals surface area contributed by atoms with Crippen LogP contribution < -0.4 is 15.8 Å². The lowest BCUT2D eigenvalue weighted by atomic mass is 10.1. The highest BCUT2D eigenvalue weighted by molar-refractivity contribution is 7.90. The molecule has 0 radical (unpaired) electrons. The number of benzene rings is 2. The summed E-state index contributed by atoms with van der Waals surface area (Å²) < 4.78 is 68.4. The maximum Gasteiger partial charge on any atom is 0.393 e. The molecule has 164 valence electrons. The van der Waals surface area contributed by atoms with Crippen LogP contribution in [0.15, 0.2) is 41.3 Å². The smallest absolute Gasteiger partial charge is 0.393 e. The van der Waals surface area contributed by atoms with E-state index in [1.54, 1.807) is 24.3 Å². The summed E-state index contributed by atoms with van der Waals surface area (Å²) in [5.74, 6) is 5.95. The summed E-state index contributed by atoms with van der Waals surface area (Å²) >= 11 is 1.13. The van der Waals surface area contributed by atoms with Gasteiger partial charge in [0.1, 0.15) is 5.75 Å². The van der Waals surface area contributed by atoms with Crippen molar-refractivity contribution in [3.05, 3.63) is 46.8 Å². The Hall–Kier alpha value is -2.90. The monoisotopic (exact) mass is 468 g/mol. The lowest BCUT2D eigenvalue weighted by Crippen LogP contribution is -2.12. The molecule has 0 spiro atoms. The number of nitrogens with one attached hydrogen (secondary N) is 1. The molecule has 3 rings (SSSR count). The number of fused-ring (bicyclic) bond motifs is 1. The predicted octanol–water partition coefficient (Wildman–Crippen LogP) is 4.46. The van der Waals surface area contributed by atoms with Crippen molar-refractivity contribution in [2.75, 3.05) is 31.0 Å². The molecule has 0 bridgehead atoms. The van der Waals surface area contributed by atoms with Gasteiger partial charge in [-0.25, -0.2) is 8.42 Å². The lowest BCUT2D eigenvalue weighted by molar-refractivity contribution is -0.126. The number of anilines is 2. The topological polar surface area (TPSA) is 81.4 Å². The van der Waals surface area contributed by atoms with Crippen LogP contribution in [0.5, 0.6) is 5.75 Å². The largest absolute Gasteiger partial charge is 0.495 e. The van der Waals surface area contributed by atoms with Gasteiger partial charge in [-0.15, -0.1) is 11.3 Å². The minimum atomic E-state index is -4.37. The first-order chi connectivity index (χ1) is 14.5. The molecular weight excluding hydrogens is 449 g/mol. The molecule has 2 aromatic carbocycles. The molecule has 5 nitrogen and oxygen atoms in total. The third-order valence-corrected chi connectivity index (χ3v) is 6.72. The Morgan fingerprint density at radius 2 is 1.97 bits per heavy atom. The van der Waals surface area contributed by atoms with Crippen molar-refractivity contribution >= 4 is 42.6 Å². The first-order valence-electron chi connectivity index (χ1n) is 8.97. The van der Waals surface area contributed by atoms with Gasteiger partial charge in [0, 0.05) is 18.0 Å². The number of alkyl halides is 3. The zero-order valence-corrected chi connectivity index (χ0v) is 18.3. The molecule has 0 fully saturated rings. The Morgan fingerprint density at radius 1 is 1.23 bits per heavy atom. The number of hydrogen-bond donors (Lipinski definition) is 2. The van der Waals surface area contributed by atoms with Gasteiger partial charge in [0.2, 0.25) is 0 Å². The van der Waals surface area contributed by atoms with E-state index in [1.165, 1.54) is 19.2 Å². The molecular formula is C21H19F3N2O3S2. The molecule has 0 unspecified atom stereocenters. The molecule has 0 saturated heterocycles. The van der Waals surface area contributed by atoms with E-state index in [0.29, 0.717) is 32.1 Å². The van der Waals surface area contributed by atoms with Crippen LogP contribution in [-0.4, -0.2) is 34.5 Å². The second kappa shape index (κ2) is 8.69. The fraction of sp³-hybridized carbons (Fsp3) is 0.238. The standard InChI is InChI=1S/C21H19F3N2O3S2/c1-29-18-11-13(31(2,27)28)8-9-17(18)26-10-4-7-19-15(12-21(22,23)24)14-5-3-6-16(25)20(14)30-19/h3,5-6,8-9,11,26H,10,12,25H2,1-2H3. The molecule has 10 heteroatoms. The lowest BCUT2D eigenvalue weighted by Gasteiger charge is -2.10. The first-order valence-corrected chi connectivity index (χ1v) is 11.7. The highest BCUT2D eigenvalue weighted by atomic mass is 32.2. The number of nitrogens with two attached hydrogens (primary N) is 1. The minimum absolute atomic E-state index is 0.112. The van der Waals surface area contributed by atoms with Crippen molar-refractivity contribution < 1.29 is 26.3 Å². The summed E-state index contributed by atoms with van der Waals surface area (Å²) in [5, 5.41) is 3.45. The number of sulfone groups is 1. The fourth-order valence-corrected chi connectivity index (χ4v) is 4.74. The van der Waals surface area contributed by atoms with Crippen molar-refractivity contribution in [1.29, 1.82) is 0 Å². The van der Waals surface area contributed by atoms with E-state index in [4.69, 9.17) is 10.5 Å². The van der Waals surface area contributed by atoms with E-state index in [0.717, 1.165) is 17.6 Å². The van der Waals surface area contributed by atoms with Gasteiger partial charge < -0.3 is 15.8 Å². The average Bonchev–Trinajstić information content (AvgIpc) is 3.02. The summed E-state index contributed by atoms with van der Waals surface area (Å²) in [6.45, 7) is 0.115. The summed E-state index contributed by atoms with van der Waals surface area (Å²) in [5.41, 5.74) is 6.96. The van der Waals surface area contributed by atoms with E-state index in [-0.39, 0.29) is 17.0 Å². The summed E-state index contributed by atoms with van der Waals surface area (Å²) in [6.07, 6.45) is -4.37. The van der Waals surface area contributed by atoms with Crippen molar-refractivity contribution in [2.45, 2.75) is 17.5 Å². The first kappa shape index (κ1) is 22.8. The molecule has 3 N–H and O–H groups in total. The number of methoxy groups -OCH3 is 1. The summed E-state index contributed by atoms with van der Waals surface area (Å²) in [7, 11) is -1.98. The second-order valence-electron chi connectivity index (χ2n) is 6.72. The number of ether oxygens (including phenoxy) is 1. The van der Waals surface area contributed by atoms with Gasteiger partial charge in [0.15, 0.2) is 9.84 Å². The molecule has 0 saturated carbocycles. The van der Waals surface area contributed by atoms with Gasteiger partial charge in [0.05, 0.1) is 40.2 Å². The molecule has 0 amide bonds. The zero-order chi connectivity index (χ0) is 22.8. The molecule has 0 aliphatic carbocycles. The number of halogens is 3. The van der Waals surface area contributed by atoms with Crippen LogP contribution in [0, 0.1) is 11.8 Å². The van der Waals surface area contributed by atoms with E-state index < -0.39 is 22.4 Å². The quantitative estimate of drug-likeness (QED) is 0.427. The second-order valence-corrected chi connectivity index (χ2v) is 9.75. The van der Waals surface area contributed by atoms with Crippen LogP contribution in [0.2, 0.25) is 0 Å². The normalized spacial score (nSPS) is 11.8. The van der Waals surface area contributed by atoms with Gasteiger partial charge in [-0.1, -0.05) is 24.0 Å². The summed E-state index contributed by atoms with van der Waals surface area (Å²) in [4.78, 5) is 0.423. The van der Waals surface area contributed by atoms with Gasteiger partial charge in [-0.05, 0) is 29.1 Å². The Kier molecular flexibility index (Phi) is 6.38. The zero-order valence-electron chi connectivity index (χ0n) is 16.6. The molecule has 0 atom stereocenters. The maximum absolute atomic E-state index is 13.1. The van der Waals surface area contributed by atoms with Crippen LogP contribution in [0.25, 0.3) is 10.1 Å². The van der Waals surface area contributed by atoms with Crippen LogP contribution in [0.3, 0.4) is 0 Å². The predicted molar refractivity (Wildman–Crippen MR) is 117 cm³/mol. The van der Waals surface area contributed by atoms with Crippen LogP contribution in [0.1, 0.15) is 10.4 Å². The van der Waals surface area contributed by atoms with Gasteiger partial charge in [-0.2, -0.15) is 13.2 Å². The van der Waals surface area contributed by atoms with E-state index >= 15 is 0 Å². The van der Waals surface area contributed by atoms with E-state index in [9.17, 15) is 21.6 Å². The molecule has 31 heavy (non-hydrogen) atoms. The Morgan fingerprint density at radius 3 is 2.61 bits per heavy atom. The van der Waals surface area contributed by atoms with Crippen LogP contribution in [-0.2, 0) is 16.3 Å². The van der Waals surface area contributed by atoms with Crippen LogP contribution >= 0.6 is 11.3 Å². The Bertz CT molecular complexity index is 1290. The summed E-state index contributed by atoms with van der Waals surface area (Å²) in [6, 6.07) is 9.25. The third-order valence-electron chi connectivity index (χ3n) is 4.40. The number of hydrogen-bond acceptors (Lipinski definition) is 6. The highest BCUT2D eigenvalue weighted by Crippen LogP contribution is 2.37. The van der Waals surface area contributed by atoms with E-state index in [2.05, 4.69) is 17.2 Å². The number of rotatable bonds is 5. The van der Waals surface area contributed by atoms with Crippen molar-refractivity contribution in [3.63, 3.8) is 0 Å². The maximum atomic E-state index is 13.1. The van der Waals surface area contributed by atoms with Gasteiger partial charge in [-0.3, -0.25) is 0 Å². The highest BCUT2D eigenvalue weighted by Gasteiger charge is 2.31. The van der Waals surface area contributed by atoms with Crippen molar-refractivity contribution in [1.82, 2.24) is 0 Å². The SMILES string of the molecule is COc1cc(S(C)(=O)=O)ccc1NCC#Cc1sc2c(N)cccc2c1CC(F)(F)F. The molecule has 1 heterocycles. The number of thiophene rings is 1. The van der Waals surface area contributed by atoms with Gasteiger partial charge >= 0.3 is 6.18 Å². The van der Waals surface area contributed by atoms with Crippen molar-refractivity contribution in [2.24, 2.45) is 0 Å². The Balaban J connectivity index is 1.86. The van der Waals surface area contributed by atoms with Gasteiger partial charge in [0.25, 0.3) is 0 Å². The fourth-order valence-electron chi connectivity index (χ4n) is 2.98. The molecule has 3 aromatic rings. The average molecular weight is 469 g/mol. The molecule has 0 aliphatic heterocycles. The van der Waals surface area contributed by atoms with Crippen molar-refractivity contribution in [3.8, 4) is 17.6 Å². The Labute approximate surface area is 181 Å². The van der Waals surface area contributed by atoms with E-state index in [1.807, 2.05) is 0 Å². The molecule has 0 aliphatic rings. The van der Waals surface area contributed by atoms with Crippen LogP contribution in [0.4, 0.5) is 24.5 Å². The molecule has 1 aromatic heterocycles. The minimum Gasteiger partial charge on any atom is -0.495 e.